The lowest BCUT2D eigenvalue weighted by atomic mass is 9.91. The molecule has 0 radical (unpaired) electrons. The fraction of sp³-hybridized carbons (Fsp3) is 0.619. The van der Waals surface area contributed by atoms with Crippen molar-refractivity contribution in [2.45, 2.75) is 52.9 Å². The summed E-state index contributed by atoms with van der Waals surface area (Å²) in [5.41, 5.74) is 1.38. The number of hydroxylamine groups is 2. The fourth-order valence-electron chi connectivity index (χ4n) is 3.06. The van der Waals surface area contributed by atoms with Crippen LogP contribution in [0, 0.1) is 11.3 Å². The molecule has 1 heterocycles. The lowest BCUT2D eigenvalue weighted by molar-refractivity contribution is -0.206. The molecule has 1 aliphatic rings. The molecule has 0 atom stereocenters. The van der Waals surface area contributed by atoms with Crippen molar-refractivity contribution in [2.75, 3.05) is 20.2 Å². The number of hydrogen-bond donors (Lipinski definition) is 0. The van der Waals surface area contributed by atoms with Gasteiger partial charge in [-0.3, -0.25) is 0 Å². The molecule has 1 fully saturated rings. The van der Waals surface area contributed by atoms with Gasteiger partial charge in [0.2, 0.25) is 0 Å². The van der Waals surface area contributed by atoms with Gasteiger partial charge in [-0.05, 0) is 70.1 Å². The third-order valence-corrected chi connectivity index (χ3v) is 4.85. The predicted molar refractivity (Wildman–Crippen MR) is 101 cm³/mol. The highest BCUT2D eigenvalue weighted by Gasteiger charge is 2.28. The van der Waals surface area contributed by atoms with Gasteiger partial charge in [0.05, 0.1) is 18.1 Å². The van der Waals surface area contributed by atoms with Crippen LogP contribution < -0.4 is 0 Å². The number of piperidine rings is 1. The molecule has 1 saturated heterocycles. The Morgan fingerprint density at radius 1 is 1.12 bits per heavy atom. The summed E-state index contributed by atoms with van der Waals surface area (Å²) in [5.74, 6) is 0.232. The zero-order valence-electron chi connectivity index (χ0n) is 16.4. The minimum absolute atomic E-state index is 0.161. The van der Waals surface area contributed by atoms with Crippen LogP contribution in [-0.2, 0) is 20.8 Å². The summed E-state index contributed by atoms with van der Waals surface area (Å²) in [4.78, 5) is 28.8. The zero-order valence-corrected chi connectivity index (χ0v) is 16.4. The number of aryl methyl sites for hydroxylation is 1. The van der Waals surface area contributed by atoms with Gasteiger partial charge < -0.3 is 9.57 Å². The summed E-state index contributed by atoms with van der Waals surface area (Å²) in [6, 6.07) is 7.65. The van der Waals surface area contributed by atoms with Crippen LogP contribution in [0.1, 0.15) is 62.4 Å². The second-order valence-electron chi connectivity index (χ2n) is 8.08. The van der Waals surface area contributed by atoms with Gasteiger partial charge in [0, 0.05) is 13.1 Å². The minimum atomic E-state index is -0.458. The second kappa shape index (κ2) is 9.17. The van der Waals surface area contributed by atoms with Crippen LogP contribution >= 0.6 is 0 Å². The number of esters is 1. The number of ether oxygens (including phenoxy) is 1. The molecule has 144 valence electrons. The summed E-state index contributed by atoms with van der Waals surface area (Å²) in [7, 11) is 1.39. The number of benzene rings is 1. The number of nitrogens with zero attached hydrogens (tertiary/aromatic N) is 1. The number of carbonyl (C=O) groups is 2. The van der Waals surface area contributed by atoms with E-state index < -0.39 is 5.41 Å². The van der Waals surface area contributed by atoms with Crippen molar-refractivity contribution < 1.29 is 19.2 Å². The molecule has 0 saturated carbocycles. The Morgan fingerprint density at radius 2 is 1.73 bits per heavy atom. The van der Waals surface area contributed by atoms with Gasteiger partial charge in [0.1, 0.15) is 0 Å². The molecule has 26 heavy (non-hydrogen) atoms. The Bertz CT molecular complexity index is 595. The molecule has 0 unspecified atom stereocenters. The van der Waals surface area contributed by atoms with E-state index in [0.29, 0.717) is 11.5 Å². The number of rotatable bonds is 6. The third kappa shape index (κ3) is 6.13. The van der Waals surface area contributed by atoms with E-state index in [1.165, 1.54) is 19.1 Å². The van der Waals surface area contributed by atoms with Crippen molar-refractivity contribution in [3.63, 3.8) is 0 Å². The molecule has 1 aromatic rings. The van der Waals surface area contributed by atoms with Crippen LogP contribution in [0.2, 0.25) is 0 Å². The maximum Gasteiger partial charge on any atom is 0.337 e. The van der Waals surface area contributed by atoms with Crippen molar-refractivity contribution in [3.8, 4) is 0 Å². The van der Waals surface area contributed by atoms with Gasteiger partial charge in [-0.2, -0.15) is 0 Å². The monoisotopic (exact) mass is 361 g/mol. The van der Waals surface area contributed by atoms with E-state index in [1.54, 1.807) is 0 Å². The predicted octanol–water partition coefficient (Wildman–Crippen LogP) is 4.01. The molecule has 1 aromatic carbocycles. The molecule has 0 amide bonds. The Labute approximate surface area is 156 Å². The van der Waals surface area contributed by atoms with Gasteiger partial charge in [0.25, 0.3) is 0 Å². The first-order valence-corrected chi connectivity index (χ1v) is 9.44. The van der Waals surface area contributed by atoms with E-state index in [0.717, 1.165) is 38.8 Å². The molecule has 1 aliphatic heterocycles. The number of carbonyl (C=O) groups excluding carboxylic acids is 2. The second-order valence-corrected chi connectivity index (χ2v) is 8.08. The molecule has 2 rings (SSSR count). The average molecular weight is 361 g/mol. The SMILES string of the molecule is COC(=O)c1ccc(CCCC2CCN(OC(=O)C(C)(C)C)CC2)cc1. The first kappa shape index (κ1) is 20.4. The highest BCUT2D eigenvalue weighted by molar-refractivity contribution is 5.89. The number of methoxy groups -OCH3 is 1. The quantitative estimate of drug-likeness (QED) is 0.717. The molecule has 5 nitrogen and oxygen atoms in total. The summed E-state index contributed by atoms with van der Waals surface area (Å²) in [5, 5.41) is 1.82. The molecule has 0 bridgehead atoms. The van der Waals surface area contributed by atoms with Crippen LogP contribution in [0.4, 0.5) is 0 Å². The average Bonchev–Trinajstić information content (AvgIpc) is 2.62. The van der Waals surface area contributed by atoms with Crippen LogP contribution in [0.5, 0.6) is 0 Å². The molecular formula is C21H31NO4. The summed E-state index contributed by atoms with van der Waals surface area (Å²) in [6.45, 7) is 7.26. The van der Waals surface area contributed by atoms with Crippen molar-refractivity contribution in [3.05, 3.63) is 35.4 Å². The highest BCUT2D eigenvalue weighted by Crippen LogP contribution is 2.24. The van der Waals surface area contributed by atoms with Gasteiger partial charge in [-0.1, -0.05) is 18.6 Å². The van der Waals surface area contributed by atoms with Crippen LogP contribution in [0.3, 0.4) is 0 Å². The van der Waals surface area contributed by atoms with Gasteiger partial charge in [0.15, 0.2) is 0 Å². The maximum atomic E-state index is 11.9. The molecule has 0 aliphatic carbocycles. The zero-order chi connectivity index (χ0) is 19.2. The third-order valence-electron chi connectivity index (χ3n) is 4.85. The van der Waals surface area contributed by atoms with E-state index in [2.05, 4.69) is 0 Å². The highest BCUT2D eigenvalue weighted by atomic mass is 16.7. The molecule has 0 spiro atoms. The van der Waals surface area contributed by atoms with Gasteiger partial charge in [-0.25, -0.2) is 9.59 Å². The molecule has 0 N–H and O–H groups in total. The minimum Gasteiger partial charge on any atom is -0.465 e. The smallest absolute Gasteiger partial charge is 0.337 e. The fourth-order valence-corrected chi connectivity index (χ4v) is 3.06. The van der Waals surface area contributed by atoms with E-state index >= 15 is 0 Å². The summed E-state index contributed by atoms with van der Waals surface area (Å²) in [6.07, 6.45) is 5.46. The van der Waals surface area contributed by atoms with Crippen molar-refractivity contribution in [1.82, 2.24) is 5.06 Å². The first-order valence-electron chi connectivity index (χ1n) is 9.44. The van der Waals surface area contributed by atoms with Crippen LogP contribution in [0.15, 0.2) is 24.3 Å². The maximum absolute atomic E-state index is 11.9. The molecule has 0 aromatic heterocycles. The van der Waals surface area contributed by atoms with E-state index in [-0.39, 0.29) is 11.9 Å². The van der Waals surface area contributed by atoms with E-state index in [4.69, 9.17) is 9.57 Å². The Kier molecular flexibility index (Phi) is 7.21. The normalized spacial score (nSPS) is 16.3. The Hall–Kier alpha value is -1.88. The van der Waals surface area contributed by atoms with E-state index in [1.807, 2.05) is 50.1 Å². The van der Waals surface area contributed by atoms with Gasteiger partial charge >= 0.3 is 11.9 Å². The summed E-state index contributed by atoms with van der Waals surface area (Å²) < 4.78 is 4.71. The van der Waals surface area contributed by atoms with Crippen molar-refractivity contribution in [1.29, 1.82) is 0 Å². The van der Waals surface area contributed by atoms with Crippen molar-refractivity contribution >= 4 is 11.9 Å². The lowest BCUT2D eigenvalue weighted by Crippen LogP contribution is -2.38. The molecule has 5 heteroatoms. The van der Waals surface area contributed by atoms with Crippen LogP contribution in [0.25, 0.3) is 0 Å². The largest absolute Gasteiger partial charge is 0.465 e. The summed E-state index contributed by atoms with van der Waals surface area (Å²) >= 11 is 0. The topological polar surface area (TPSA) is 55.8 Å². The lowest BCUT2D eigenvalue weighted by Gasteiger charge is -2.32. The van der Waals surface area contributed by atoms with Gasteiger partial charge in [-0.15, -0.1) is 5.06 Å². The Morgan fingerprint density at radius 3 is 2.27 bits per heavy atom. The van der Waals surface area contributed by atoms with Crippen molar-refractivity contribution in [2.24, 2.45) is 11.3 Å². The number of hydrogen-bond acceptors (Lipinski definition) is 5. The van der Waals surface area contributed by atoms with E-state index in [9.17, 15) is 9.59 Å². The first-order chi connectivity index (χ1) is 12.3. The Balaban J connectivity index is 1.67. The standard InChI is InChI=1S/C21H31NO4/c1-21(2,3)20(24)26-22-14-12-17(13-15-22)7-5-6-16-8-10-18(11-9-16)19(23)25-4/h8-11,17H,5-7,12-15H2,1-4H3. The molecular weight excluding hydrogens is 330 g/mol. The van der Waals surface area contributed by atoms with Crippen LogP contribution in [-0.4, -0.2) is 37.2 Å².